The van der Waals surface area contributed by atoms with Gasteiger partial charge in [-0.2, -0.15) is 5.10 Å². The van der Waals surface area contributed by atoms with Crippen LogP contribution in [-0.2, 0) is 6.54 Å². The van der Waals surface area contributed by atoms with E-state index < -0.39 is 23.4 Å². The van der Waals surface area contributed by atoms with Crippen LogP contribution < -0.4 is 5.73 Å². The highest BCUT2D eigenvalue weighted by molar-refractivity contribution is 6.21. The molecule has 0 bridgehead atoms. The first-order valence-electron chi connectivity index (χ1n) is 5.62. The molecule has 0 fully saturated rings. The van der Waals surface area contributed by atoms with E-state index in [1.807, 2.05) is 0 Å². The lowest BCUT2D eigenvalue weighted by Gasteiger charge is -2.12. The number of nitrogens with zero attached hydrogens (tertiary/aromatic N) is 2. The molecular formula is C12H8F2N4O2. The Morgan fingerprint density at radius 3 is 2.15 bits per heavy atom. The smallest absolute Gasteiger partial charge is 0.261 e. The molecule has 0 unspecified atom stereocenters. The average molecular weight is 278 g/mol. The molecule has 20 heavy (non-hydrogen) atoms. The standard InChI is InChI=1S/C12H8F2N4O2/c13-8-1-6-7(2-9(8)14)12(20)18(11(6)19)4-5-3-16-17-10(5)15/h1-3H,4H2,(H3,15,16,17). The van der Waals surface area contributed by atoms with E-state index in [0.717, 1.165) is 17.0 Å². The number of rotatable bonds is 2. The lowest BCUT2D eigenvalue weighted by Crippen LogP contribution is -2.29. The van der Waals surface area contributed by atoms with Crippen molar-refractivity contribution in [3.05, 3.63) is 46.7 Å². The van der Waals surface area contributed by atoms with Crippen LogP contribution in [-0.4, -0.2) is 26.9 Å². The van der Waals surface area contributed by atoms with Crippen LogP contribution in [0.5, 0.6) is 0 Å². The van der Waals surface area contributed by atoms with E-state index in [1.54, 1.807) is 0 Å². The maximum Gasteiger partial charge on any atom is 0.261 e. The van der Waals surface area contributed by atoms with E-state index in [0.29, 0.717) is 5.56 Å². The number of aromatic nitrogens is 2. The fourth-order valence-electron chi connectivity index (χ4n) is 2.04. The minimum absolute atomic E-state index is 0.113. The molecule has 1 aliphatic heterocycles. The van der Waals surface area contributed by atoms with Crippen molar-refractivity contribution in [2.24, 2.45) is 0 Å². The van der Waals surface area contributed by atoms with Crippen molar-refractivity contribution >= 4 is 17.6 Å². The number of anilines is 1. The van der Waals surface area contributed by atoms with Gasteiger partial charge >= 0.3 is 0 Å². The molecule has 1 aromatic carbocycles. The monoisotopic (exact) mass is 278 g/mol. The Bertz CT molecular complexity index is 700. The second-order valence-electron chi connectivity index (χ2n) is 4.32. The number of nitrogens with one attached hydrogen (secondary N) is 1. The first kappa shape index (κ1) is 12.3. The SMILES string of the molecule is Nc1[nH]ncc1CN1C(=O)c2cc(F)c(F)cc2C1=O. The van der Waals surface area contributed by atoms with Gasteiger partial charge in [0, 0.05) is 5.56 Å². The third-order valence-electron chi connectivity index (χ3n) is 3.09. The molecule has 8 heteroatoms. The highest BCUT2D eigenvalue weighted by atomic mass is 19.2. The summed E-state index contributed by atoms with van der Waals surface area (Å²) in [7, 11) is 0. The van der Waals surface area contributed by atoms with Crippen LogP contribution in [0, 0.1) is 11.6 Å². The number of carbonyl (C=O) groups excluding carboxylic acids is 2. The number of hydrogen-bond donors (Lipinski definition) is 2. The first-order chi connectivity index (χ1) is 9.49. The predicted molar refractivity (Wildman–Crippen MR) is 63.6 cm³/mol. The van der Waals surface area contributed by atoms with Crippen LogP contribution in [0.2, 0.25) is 0 Å². The molecule has 102 valence electrons. The van der Waals surface area contributed by atoms with Gasteiger partial charge in [-0.25, -0.2) is 8.78 Å². The third kappa shape index (κ3) is 1.65. The summed E-state index contributed by atoms with van der Waals surface area (Å²) in [6, 6.07) is 1.45. The average Bonchev–Trinajstić information content (AvgIpc) is 2.90. The van der Waals surface area contributed by atoms with Gasteiger partial charge in [0.2, 0.25) is 0 Å². The van der Waals surface area contributed by atoms with Crippen molar-refractivity contribution in [1.82, 2.24) is 15.1 Å². The van der Waals surface area contributed by atoms with Crippen LogP contribution in [0.1, 0.15) is 26.3 Å². The molecule has 0 saturated carbocycles. The molecule has 2 amide bonds. The van der Waals surface area contributed by atoms with Crippen molar-refractivity contribution in [3.8, 4) is 0 Å². The second kappa shape index (κ2) is 4.12. The van der Waals surface area contributed by atoms with E-state index in [2.05, 4.69) is 10.2 Å². The Labute approximate surface area is 111 Å². The molecule has 1 aromatic heterocycles. The fourth-order valence-corrected chi connectivity index (χ4v) is 2.04. The van der Waals surface area contributed by atoms with Gasteiger partial charge in [0.1, 0.15) is 5.82 Å². The minimum atomic E-state index is -1.17. The van der Waals surface area contributed by atoms with Gasteiger partial charge in [-0.15, -0.1) is 0 Å². The molecule has 3 rings (SSSR count). The Morgan fingerprint density at radius 1 is 1.15 bits per heavy atom. The molecule has 0 aliphatic carbocycles. The summed E-state index contributed by atoms with van der Waals surface area (Å²) in [6.07, 6.45) is 1.38. The summed E-state index contributed by atoms with van der Waals surface area (Å²) in [5, 5.41) is 6.14. The highest BCUT2D eigenvalue weighted by Gasteiger charge is 2.37. The number of imide groups is 1. The molecule has 2 aromatic rings. The van der Waals surface area contributed by atoms with Crippen LogP contribution >= 0.6 is 0 Å². The Kier molecular flexibility index (Phi) is 2.53. The number of aromatic amines is 1. The number of carbonyl (C=O) groups is 2. The van der Waals surface area contributed by atoms with Gasteiger partial charge in [0.15, 0.2) is 11.6 Å². The first-order valence-corrected chi connectivity index (χ1v) is 5.62. The van der Waals surface area contributed by atoms with Crippen molar-refractivity contribution in [2.75, 3.05) is 5.73 Å². The zero-order chi connectivity index (χ0) is 14.4. The van der Waals surface area contributed by atoms with Gasteiger partial charge in [0.25, 0.3) is 11.8 Å². The number of nitrogens with two attached hydrogens (primary N) is 1. The van der Waals surface area contributed by atoms with E-state index in [1.165, 1.54) is 6.20 Å². The van der Waals surface area contributed by atoms with Gasteiger partial charge in [-0.05, 0) is 12.1 Å². The lowest BCUT2D eigenvalue weighted by atomic mass is 10.1. The Morgan fingerprint density at radius 2 is 1.70 bits per heavy atom. The molecule has 0 spiro atoms. The summed E-state index contributed by atoms with van der Waals surface area (Å²) in [5.74, 6) is -3.50. The van der Waals surface area contributed by atoms with Crippen molar-refractivity contribution in [1.29, 1.82) is 0 Å². The van der Waals surface area contributed by atoms with E-state index in [9.17, 15) is 18.4 Å². The second-order valence-corrected chi connectivity index (χ2v) is 4.32. The largest absolute Gasteiger partial charge is 0.384 e. The number of H-pyrrole nitrogens is 1. The third-order valence-corrected chi connectivity index (χ3v) is 3.09. The molecule has 0 saturated heterocycles. The van der Waals surface area contributed by atoms with Crippen LogP contribution in [0.3, 0.4) is 0 Å². The van der Waals surface area contributed by atoms with Gasteiger partial charge < -0.3 is 5.73 Å². The lowest BCUT2D eigenvalue weighted by molar-refractivity contribution is 0.0642. The normalized spacial score (nSPS) is 14.0. The number of hydrogen-bond acceptors (Lipinski definition) is 4. The quantitative estimate of drug-likeness (QED) is 0.803. The maximum atomic E-state index is 13.2. The summed E-state index contributed by atoms with van der Waals surface area (Å²) < 4.78 is 26.3. The zero-order valence-corrected chi connectivity index (χ0v) is 9.98. The van der Waals surface area contributed by atoms with Gasteiger partial charge in [-0.1, -0.05) is 0 Å². The van der Waals surface area contributed by atoms with Crippen LogP contribution in [0.15, 0.2) is 18.3 Å². The minimum Gasteiger partial charge on any atom is -0.384 e. The van der Waals surface area contributed by atoms with E-state index in [4.69, 9.17) is 5.73 Å². The van der Waals surface area contributed by atoms with E-state index >= 15 is 0 Å². The fraction of sp³-hybridized carbons (Fsp3) is 0.0833. The predicted octanol–water partition coefficient (Wildman–Crippen LogP) is 1.07. The number of fused-ring (bicyclic) bond motifs is 1. The molecule has 0 atom stereocenters. The van der Waals surface area contributed by atoms with Gasteiger partial charge in [0.05, 0.1) is 23.9 Å². The Balaban J connectivity index is 1.99. The number of nitrogen functional groups attached to an aromatic ring is 1. The van der Waals surface area contributed by atoms with Crippen LogP contribution in [0.4, 0.5) is 14.6 Å². The van der Waals surface area contributed by atoms with Crippen molar-refractivity contribution in [3.63, 3.8) is 0 Å². The number of amides is 2. The molecular weight excluding hydrogens is 270 g/mol. The maximum absolute atomic E-state index is 13.2. The Hall–Kier alpha value is -2.77. The summed E-state index contributed by atoms with van der Waals surface area (Å²) >= 11 is 0. The number of benzene rings is 1. The molecule has 2 heterocycles. The summed E-state index contributed by atoms with van der Waals surface area (Å²) in [6.45, 7) is -0.113. The zero-order valence-electron chi connectivity index (χ0n) is 9.98. The number of halogens is 2. The van der Waals surface area contributed by atoms with E-state index in [-0.39, 0.29) is 23.5 Å². The topological polar surface area (TPSA) is 92.1 Å². The van der Waals surface area contributed by atoms with Crippen LogP contribution in [0.25, 0.3) is 0 Å². The molecule has 3 N–H and O–H groups in total. The molecule has 6 nitrogen and oxygen atoms in total. The molecule has 0 radical (unpaired) electrons. The van der Waals surface area contributed by atoms with Crippen molar-refractivity contribution in [2.45, 2.75) is 6.54 Å². The highest BCUT2D eigenvalue weighted by Crippen LogP contribution is 2.27. The molecule has 1 aliphatic rings. The summed E-state index contributed by atoms with van der Waals surface area (Å²) in [5.41, 5.74) is 5.71. The van der Waals surface area contributed by atoms with Gasteiger partial charge in [-0.3, -0.25) is 19.6 Å². The van der Waals surface area contributed by atoms with Crippen molar-refractivity contribution < 1.29 is 18.4 Å². The summed E-state index contributed by atoms with van der Waals surface area (Å²) in [4.78, 5) is 25.0.